The van der Waals surface area contributed by atoms with Gasteiger partial charge in [-0.3, -0.25) is 0 Å². The van der Waals surface area contributed by atoms with E-state index < -0.39 is 25.2 Å². The summed E-state index contributed by atoms with van der Waals surface area (Å²) in [6.07, 6.45) is 1.91. The van der Waals surface area contributed by atoms with Gasteiger partial charge in [-0.15, -0.1) is 0 Å². The Balaban J connectivity index is 1.71. The van der Waals surface area contributed by atoms with Crippen LogP contribution in [-0.4, -0.2) is 42.6 Å². The highest BCUT2D eigenvalue weighted by Gasteiger charge is 2.29. The minimum atomic E-state index is -3.25. The Kier molecular flexibility index (Phi) is 6.54. The number of hydrogen-bond acceptors (Lipinski definition) is 5. The van der Waals surface area contributed by atoms with Crippen LogP contribution in [0.2, 0.25) is 0 Å². The fraction of sp³-hybridized carbons (Fsp3) is 0.391. The van der Waals surface area contributed by atoms with Crippen LogP contribution in [0.3, 0.4) is 0 Å². The number of halogens is 3. The summed E-state index contributed by atoms with van der Waals surface area (Å²) in [5.74, 6) is -2.29. The lowest BCUT2D eigenvalue weighted by Crippen LogP contribution is -2.20. The van der Waals surface area contributed by atoms with Crippen molar-refractivity contribution in [2.45, 2.75) is 26.3 Å². The van der Waals surface area contributed by atoms with Crippen molar-refractivity contribution in [3.8, 4) is 5.75 Å². The zero-order valence-corrected chi connectivity index (χ0v) is 19.1. The normalized spacial score (nSPS) is 15.2. The molecule has 1 aliphatic heterocycles. The lowest BCUT2D eigenvalue weighted by molar-refractivity contribution is 0.0136. The van der Waals surface area contributed by atoms with Gasteiger partial charge in [0.05, 0.1) is 31.4 Å². The number of aryl methyl sites for hydroxylation is 1. The van der Waals surface area contributed by atoms with Gasteiger partial charge < -0.3 is 14.8 Å². The number of aromatic nitrogens is 2. The first-order valence-electron chi connectivity index (χ1n) is 10.4. The van der Waals surface area contributed by atoms with E-state index in [1.807, 2.05) is 12.1 Å². The van der Waals surface area contributed by atoms with Crippen molar-refractivity contribution in [1.82, 2.24) is 9.97 Å². The maximum Gasteiger partial charge on any atom is 0.273 e. The molecule has 0 amide bonds. The van der Waals surface area contributed by atoms with Gasteiger partial charge in [0.15, 0.2) is 0 Å². The number of anilines is 1. The van der Waals surface area contributed by atoms with Crippen molar-refractivity contribution >= 4 is 29.9 Å². The summed E-state index contributed by atoms with van der Waals surface area (Å²) in [7, 11) is 1.21. The van der Waals surface area contributed by atoms with Gasteiger partial charge in [-0.2, -0.15) is 0 Å². The molecule has 1 fully saturated rings. The zero-order chi connectivity index (χ0) is 22.9. The van der Waals surface area contributed by atoms with E-state index in [2.05, 4.69) is 15.3 Å². The van der Waals surface area contributed by atoms with Crippen LogP contribution in [0.25, 0.3) is 10.9 Å². The molecule has 4 rings (SSSR count). The van der Waals surface area contributed by atoms with Gasteiger partial charge >= 0.3 is 0 Å². The first-order valence-corrected chi connectivity index (χ1v) is 12.1. The number of ether oxygens (including phenoxy) is 2. The number of fused-ring (bicyclic) bond motifs is 1. The van der Waals surface area contributed by atoms with Crippen molar-refractivity contribution < 1.29 is 22.6 Å². The van der Waals surface area contributed by atoms with E-state index in [0.29, 0.717) is 24.1 Å². The molecule has 32 heavy (non-hydrogen) atoms. The highest BCUT2D eigenvalue weighted by Crippen LogP contribution is 2.41. The van der Waals surface area contributed by atoms with Crippen LogP contribution < -0.4 is 15.4 Å². The van der Waals surface area contributed by atoms with E-state index in [-0.39, 0.29) is 12.1 Å². The van der Waals surface area contributed by atoms with Crippen molar-refractivity contribution in [2.75, 3.05) is 38.0 Å². The fourth-order valence-corrected chi connectivity index (χ4v) is 6.03. The van der Waals surface area contributed by atoms with Crippen molar-refractivity contribution in [1.29, 1.82) is 0 Å². The topological polar surface area (TPSA) is 56.3 Å². The van der Waals surface area contributed by atoms with Crippen LogP contribution in [0.1, 0.15) is 23.9 Å². The lowest BCUT2D eigenvalue weighted by atomic mass is 10.0. The summed E-state index contributed by atoms with van der Waals surface area (Å²) in [6.45, 7) is 3.93. The number of hydrogen-bond donors (Lipinski definition) is 1. The molecule has 2 aromatic carbocycles. The molecular weight excluding hydrogens is 438 g/mol. The third-order valence-corrected chi connectivity index (χ3v) is 7.93. The van der Waals surface area contributed by atoms with E-state index in [9.17, 15) is 13.2 Å². The Labute approximate surface area is 186 Å². The van der Waals surface area contributed by atoms with Crippen molar-refractivity contribution in [2.24, 2.45) is 0 Å². The number of nitrogens with one attached hydrogen (secondary N) is 1. The van der Waals surface area contributed by atoms with Crippen LogP contribution in [0.15, 0.2) is 30.3 Å². The Bertz CT molecular complexity index is 1130. The SMILES string of the molecule is COc1cc2nc(C)nc(NCc3cccc(C(C)(F)F)c3F)c2cc1P1CCOCC1. The molecule has 1 N–H and O–H groups in total. The number of rotatable bonds is 6. The minimum Gasteiger partial charge on any atom is -0.496 e. The Morgan fingerprint density at radius 3 is 2.62 bits per heavy atom. The maximum absolute atomic E-state index is 14.7. The van der Waals surface area contributed by atoms with Crippen LogP contribution >= 0.6 is 7.92 Å². The molecule has 0 atom stereocenters. The van der Waals surface area contributed by atoms with Gasteiger partial charge in [0, 0.05) is 35.8 Å². The number of methoxy groups -OCH3 is 1. The lowest BCUT2D eigenvalue weighted by Gasteiger charge is -2.25. The molecule has 5 nitrogen and oxygen atoms in total. The average Bonchev–Trinajstić information content (AvgIpc) is 2.77. The Morgan fingerprint density at radius 2 is 1.94 bits per heavy atom. The second-order valence-electron chi connectivity index (χ2n) is 7.78. The predicted molar refractivity (Wildman–Crippen MR) is 121 cm³/mol. The van der Waals surface area contributed by atoms with Crippen molar-refractivity contribution in [3.05, 3.63) is 53.1 Å². The first-order chi connectivity index (χ1) is 15.3. The van der Waals surface area contributed by atoms with Crippen molar-refractivity contribution in [3.63, 3.8) is 0 Å². The van der Waals surface area contributed by atoms with Crippen LogP contribution in [-0.2, 0) is 17.2 Å². The summed E-state index contributed by atoms with van der Waals surface area (Å²) in [6, 6.07) is 7.99. The second kappa shape index (κ2) is 9.20. The molecule has 0 radical (unpaired) electrons. The number of benzene rings is 2. The van der Waals surface area contributed by atoms with E-state index in [4.69, 9.17) is 9.47 Å². The minimum absolute atomic E-state index is 0.0191. The van der Waals surface area contributed by atoms with E-state index in [1.165, 1.54) is 12.1 Å². The van der Waals surface area contributed by atoms with Crippen LogP contribution in [0.4, 0.5) is 19.0 Å². The van der Waals surface area contributed by atoms with E-state index >= 15 is 0 Å². The largest absolute Gasteiger partial charge is 0.496 e. The maximum atomic E-state index is 14.7. The molecule has 1 aromatic heterocycles. The third-order valence-electron chi connectivity index (χ3n) is 5.46. The van der Waals surface area contributed by atoms with Gasteiger partial charge in [-0.1, -0.05) is 26.1 Å². The Hall–Kier alpha value is -2.44. The molecule has 2 heterocycles. The molecule has 0 unspecified atom stereocenters. The van der Waals surface area contributed by atoms with E-state index in [1.54, 1.807) is 14.0 Å². The van der Waals surface area contributed by atoms with Crippen LogP contribution in [0, 0.1) is 12.7 Å². The predicted octanol–water partition coefficient (Wildman–Crippen LogP) is 4.95. The van der Waals surface area contributed by atoms with E-state index in [0.717, 1.165) is 48.0 Å². The molecule has 3 aromatic rings. The van der Waals surface area contributed by atoms with Gasteiger partial charge in [0.1, 0.15) is 23.2 Å². The smallest absolute Gasteiger partial charge is 0.273 e. The highest BCUT2D eigenvalue weighted by atomic mass is 31.1. The standard InChI is InChI=1S/C23H25F3N3O2P/c1-14-28-18-12-19(30-3)20(32-9-7-31-8-10-32)11-16(18)22(29-14)27-13-15-5-4-6-17(21(15)24)23(2,25)26/h4-6,11-12H,7-10,13H2,1-3H3,(H,27,28,29). The first kappa shape index (κ1) is 22.7. The summed E-state index contributed by atoms with van der Waals surface area (Å²) < 4.78 is 53.3. The van der Waals surface area contributed by atoms with Gasteiger partial charge in [-0.25, -0.2) is 23.1 Å². The van der Waals surface area contributed by atoms with Gasteiger partial charge in [0.2, 0.25) is 0 Å². The fourth-order valence-electron chi connectivity index (χ4n) is 3.85. The summed E-state index contributed by atoms with van der Waals surface area (Å²) >= 11 is 0. The molecule has 170 valence electrons. The molecule has 0 spiro atoms. The summed E-state index contributed by atoms with van der Waals surface area (Å²) in [4.78, 5) is 9.04. The molecule has 1 aliphatic rings. The Morgan fingerprint density at radius 1 is 1.19 bits per heavy atom. The number of alkyl halides is 2. The monoisotopic (exact) mass is 463 g/mol. The molecule has 9 heteroatoms. The highest BCUT2D eigenvalue weighted by molar-refractivity contribution is 7.66. The third kappa shape index (κ3) is 4.66. The number of nitrogens with zero attached hydrogens (tertiary/aromatic N) is 2. The zero-order valence-electron chi connectivity index (χ0n) is 18.2. The van der Waals surface area contributed by atoms with Gasteiger partial charge in [0.25, 0.3) is 5.92 Å². The summed E-state index contributed by atoms with van der Waals surface area (Å²) in [5.41, 5.74) is 0.240. The van der Waals surface area contributed by atoms with Gasteiger partial charge in [-0.05, 0) is 25.3 Å². The molecular formula is C23H25F3N3O2P. The molecule has 0 aliphatic carbocycles. The summed E-state index contributed by atoms with van der Waals surface area (Å²) in [5, 5.41) is 5.05. The molecule has 1 saturated heterocycles. The molecule has 0 saturated carbocycles. The second-order valence-corrected chi connectivity index (χ2v) is 10.2. The quantitative estimate of drug-likeness (QED) is 0.525. The van der Waals surface area contributed by atoms with Crippen LogP contribution in [0.5, 0.6) is 5.75 Å². The average molecular weight is 463 g/mol. The molecule has 0 bridgehead atoms.